The molecular formula is C15H22N4O2. The van der Waals surface area contributed by atoms with Crippen LogP contribution in [0, 0.1) is 5.92 Å². The molecule has 2 aromatic rings. The Morgan fingerprint density at radius 2 is 2.10 bits per heavy atom. The quantitative estimate of drug-likeness (QED) is 0.761. The largest absolute Gasteiger partial charge is 0.348 e. The van der Waals surface area contributed by atoms with Gasteiger partial charge in [0.25, 0.3) is 0 Å². The Hall–Kier alpha value is -2.08. The number of aromatic amines is 1. The van der Waals surface area contributed by atoms with Gasteiger partial charge in [-0.15, -0.1) is 0 Å². The van der Waals surface area contributed by atoms with Gasteiger partial charge in [0, 0.05) is 6.54 Å². The number of hydrogen-bond donors (Lipinski definition) is 3. The van der Waals surface area contributed by atoms with Crippen LogP contribution in [0.2, 0.25) is 0 Å². The number of nitrogens with two attached hydrogens (primary N) is 1. The van der Waals surface area contributed by atoms with Crippen molar-refractivity contribution in [1.29, 1.82) is 0 Å². The van der Waals surface area contributed by atoms with E-state index >= 15 is 0 Å². The number of para-hydroxylation sites is 2. The Kier molecular flexibility index (Phi) is 4.18. The van der Waals surface area contributed by atoms with Crippen molar-refractivity contribution < 1.29 is 4.79 Å². The van der Waals surface area contributed by atoms with Gasteiger partial charge in [-0.3, -0.25) is 9.36 Å². The van der Waals surface area contributed by atoms with Crippen molar-refractivity contribution >= 4 is 16.9 Å². The summed E-state index contributed by atoms with van der Waals surface area (Å²) in [5, 5.41) is 2.94. The molecule has 0 bridgehead atoms. The highest BCUT2D eigenvalue weighted by Crippen LogP contribution is 2.15. The Morgan fingerprint density at radius 3 is 2.71 bits per heavy atom. The number of amides is 1. The third kappa shape index (κ3) is 3.00. The lowest BCUT2D eigenvalue weighted by atomic mass is 9.88. The summed E-state index contributed by atoms with van der Waals surface area (Å²) in [5.74, 6) is -0.0188. The lowest BCUT2D eigenvalue weighted by Crippen LogP contribution is -2.55. The molecular weight excluding hydrogens is 268 g/mol. The molecule has 1 unspecified atom stereocenters. The zero-order valence-corrected chi connectivity index (χ0v) is 12.6. The molecule has 6 heteroatoms. The topological polar surface area (TPSA) is 92.9 Å². The van der Waals surface area contributed by atoms with Crippen molar-refractivity contribution in [2.24, 2.45) is 11.7 Å². The van der Waals surface area contributed by atoms with Gasteiger partial charge in [0.2, 0.25) is 5.91 Å². The third-order valence-electron chi connectivity index (χ3n) is 4.11. The van der Waals surface area contributed by atoms with E-state index in [2.05, 4.69) is 10.3 Å². The molecule has 0 saturated carbocycles. The van der Waals surface area contributed by atoms with Crippen LogP contribution in [-0.4, -0.2) is 27.5 Å². The van der Waals surface area contributed by atoms with E-state index in [1.165, 1.54) is 4.57 Å². The summed E-state index contributed by atoms with van der Waals surface area (Å²) in [6.45, 7) is 6.24. The molecule has 0 saturated heterocycles. The van der Waals surface area contributed by atoms with Crippen LogP contribution in [0.3, 0.4) is 0 Å². The highest BCUT2D eigenvalue weighted by Gasteiger charge is 2.28. The fraction of sp³-hybridized carbons (Fsp3) is 0.467. The summed E-state index contributed by atoms with van der Waals surface area (Å²) in [7, 11) is 0. The van der Waals surface area contributed by atoms with Crippen LogP contribution in [0.4, 0.5) is 0 Å². The van der Waals surface area contributed by atoms with E-state index in [1.807, 2.05) is 45.0 Å². The van der Waals surface area contributed by atoms with Gasteiger partial charge in [-0.05, 0) is 25.0 Å². The number of imidazole rings is 1. The summed E-state index contributed by atoms with van der Waals surface area (Å²) in [6.07, 6.45) is 0. The minimum atomic E-state index is -0.479. The number of nitrogens with one attached hydrogen (secondary N) is 2. The number of benzene rings is 1. The van der Waals surface area contributed by atoms with Crippen molar-refractivity contribution in [2.45, 2.75) is 32.9 Å². The van der Waals surface area contributed by atoms with Gasteiger partial charge in [0.05, 0.1) is 16.6 Å². The van der Waals surface area contributed by atoms with Gasteiger partial charge < -0.3 is 16.0 Å². The molecule has 1 amide bonds. The maximum absolute atomic E-state index is 12.2. The normalized spacial score (nSPS) is 14.3. The van der Waals surface area contributed by atoms with Crippen LogP contribution in [-0.2, 0) is 11.3 Å². The molecule has 0 aliphatic heterocycles. The van der Waals surface area contributed by atoms with Crippen LogP contribution in [0.5, 0.6) is 0 Å². The van der Waals surface area contributed by atoms with Crippen LogP contribution in [0.1, 0.15) is 20.8 Å². The Labute approximate surface area is 123 Å². The smallest absolute Gasteiger partial charge is 0.326 e. The number of rotatable bonds is 5. The van der Waals surface area contributed by atoms with E-state index in [0.29, 0.717) is 6.54 Å². The van der Waals surface area contributed by atoms with E-state index in [0.717, 1.165) is 11.0 Å². The summed E-state index contributed by atoms with van der Waals surface area (Å²) in [4.78, 5) is 26.9. The summed E-state index contributed by atoms with van der Waals surface area (Å²) >= 11 is 0. The number of carbonyl (C=O) groups is 1. The molecule has 21 heavy (non-hydrogen) atoms. The molecule has 0 fully saturated rings. The second-order valence-electron chi connectivity index (χ2n) is 5.86. The van der Waals surface area contributed by atoms with Crippen LogP contribution in [0.15, 0.2) is 29.1 Å². The summed E-state index contributed by atoms with van der Waals surface area (Å²) in [5.41, 5.74) is 6.44. The minimum absolute atomic E-state index is 0.0227. The highest BCUT2D eigenvalue weighted by molar-refractivity contribution is 5.80. The first-order valence-electron chi connectivity index (χ1n) is 7.06. The van der Waals surface area contributed by atoms with Gasteiger partial charge in [-0.25, -0.2) is 4.79 Å². The predicted molar refractivity (Wildman–Crippen MR) is 83.0 cm³/mol. The Balaban J connectivity index is 2.23. The number of H-pyrrole nitrogens is 1. The molecule has 0 aliphatic carbocycles. The molecule has 1 aromatic carbocycles. The van der Waals surface area contributed by atoms with Crippen molar-refractivity contribution in [2.75, 3.05) is 6.54 Å². The second kappa shape index (κ2) is 5.73. The Bertz CT molecular complexity index is 701. The molecule has 114 valence electrons. The van der Waals surface area contributed by atoms with Gasteiger partial charge in [0.15, 0.2) is 0 Å². The fourth-order valence-corrected chi connectivity index (χ4v) is 2.20. The molecule has 2 rings (SSSR count). The molecule has 1 aromatic heterocycles. The number of carbonyl (C=O) groups excluding carboxylic acids is 1. The number of fused-ring (bicyclic) bond motifs is 1. The van der Waals surface area contributed by atoms with Gasteiger partial charge in [-0.1, -0.05) is 26.0 Å². The van der Waals surface area contributed by atoms with Crippen LogP contribution in [0.25, 0.3) is 11.0 Å². The Morgan fingerprint density at radius 1 is 1.43 bits per heavy atom. The second-order valence-corrected chi connectivity index (χ2v) is 5.86. The fourth-order valence-electron chi connectivity index (χ4n) is 2.20. The first kappa shape index (κ1) is 15.3. The average Bonchev–Trinajstić information content (AvgIpc) is 2.75. The number of hydrogen-bond acceptors (Lipinski definition) is 3. The SMILES string of the molecule is CC(C)C(C)(CN)NC(=O)Cn1c(=O)[nH]c2ccccc21. The van der Waals surface area contributed by atoms with Gasteiger partial charge >= 0.3 is 5.69 Å². The summed E-state index contributed by atoms with van der Waals surface area (Å²) < 4.78 is 1.43. The zero-order chi connectivity index (χ0) is 15.6. The maximum Gasteiger partial charge on any atom is 0.326 e. The first-order chi connectivity index (χ1) is 9.87. The highest BCUT2D eigenvalue weighted by atomic mass is 16.2. The molecule has 4 N–H and O–H groups in total. The van der Waals surface area contributed by atoms with E-state index in [1.54, 1.807) is 0 Å². The molecule has 1 atom stereocenters. The predicted octanol–water partition coefficient (Wildman–Crippen LogP) is 0.819. The monoisotopic (exact) mass is 290 g/mol. The lowest BCUT2D eigenvalue weighted by molar-refractivity contribution is -0.123. The van der Waals surface area contributed by atoms with E-state index in [-0.39, 0.29) is 24.1 Å². The minimum Gasteiger partial charge on any atom is -0.348 e. The average molecular weight is 290 g/mol. The van der Waals surface area contributed by atoms with E-state index in [9.17, 15) is 9.59 Å². The van der Waals surface area contributed by atoms with Crippen LogP contribution < -0.4 is 16.7 Å². The maximum atomic E-state index is 12.2. The lowest BCUT2D eigenvalue weighted by Gasteiger charge is -2.33. The molecule has 1 heterocycles. The number of nitrogens with zero attached hydrogens (tertiary/aromatic N) is 1. The van der Waals surface area contributed by atoms with E-state index in [4.69, 9.17) is 5.73 Å². The zero-order valence-electron chi connectivity index (χ0n) is 12.6. The standard InChI is InChI=1S/C15H22N4O2/c1-10(2)15(3,9-16)18-13(20)8-19-12-7-5-4-6-11(12)17-14(19)21/h4-7,10H,8-9,16H2,1-3H3,(H,17,21)(H,18,20). The van der Waals surface area contributed by atoms with Crippen molar-refractivity contribution in [3.63, 3.8) is 0 Å². The van der Waals surface area contributed by atoms with Crippen molar-refractivity contribution in [1.82, 2.24) is 14.9 Å². The molecule has 0 spiro atoms. The number of aromatic nitrogens is 2. The summed E-state index contributed by atoms with van der Waals surface area (Å²) in [6, 6.07) is 7.30. The molecule has 6 nitrogen and oxygen atoms in total. The molecule has 0 aliphatic rings. The third-order valence-corrected chi connectivity index (χ3v) is 4.11. The van der Waals surface area contributed by atoms with E-state index < -0.39 is 5.54 Å². The van der Waals surface area contributed by atoms with Gasteiger partial charge in [0.1, 0.15) is 6.54 Å². The van der Waals surface area contributed by atoms with Crippen LogP contribution >= 0.6 is 0 Å². The first-order valence-corrected chi connectivity index (χ1v) is 7.06. The van der Waals surface area contributed by atoms with Gasteiger partial charge in [-0.2, -0.15) is 0 Å². The molecule has 0 radical (unpaired) electrons. The van der Waals surface area contributed by atoms with Crippen molar-refractivity contribution in [3.8, 4) is 0 Å². The van der Waals surface area contributed by atoms with Crippen molar-refractivity contribution in [3.05, 3.63) is 34.7 Å².